The van der Waals surface area contributed by atoms with E-state index in [4.69, 9.17) is 9.47 Å². The van der Waals surface area contributed by atoms with Gasteiger partial charge in [0.05, 0.1) is 17.9 Å². The first kappa shape index (κ1) is 25.3. The number of ether oxygens (including phenoxy) is 2. The van der Waals surface area contributed by atoms with Crippen molar-refractivity contribution in [3.63, 3.8) is 0 Å². The molecule has 36 heavy (non-hydrogen) atoms. The van der Waals surface area contributed by atoms with Gasteiger partial charge in [0.2, 0.25) is 0 Å². The van der Waals surface area contributed by atoms with E-state index in [1.165, 1.54) is 22.3 Å². The van der Waals surface area contributed by atoms with E-state index in [0.29, 0.717) is 28.5 Å². The molecule has 1 aliphatic rings. The molecule has 0 bridgehead atoms. The molecule has 0 radical (unpaired) electrons. The molecule has 0 saturated carbocycles. The lowest BCUT2D eigenvalue weighted by Crippen LogP contribution is -2.29. The smallest absolute Gasteiger partial charge is 0.350 e. The van der Waals surface area contributed by atoms with Crippen LogP contribution in [0.15, 0.2) is 60.0 Å². The van der Waals surface area contributed by atoms with Gasteiger partial charge in [0.25, 0.3) is 5.78 Å². The largest absolute Gasteiger partial charge is 0.507 e. The van der Waals surface area contributed by atoms with Gasteiger partial charge in [-0.25, -0.2) is 9.78 Å². The Labute approximate surface area is 216 Å². The number of aryl methyl sites for hydroxylation is 1. The molecule has 1 amide bonds. The average Bonchev–Trinajstić information content (AvgIpc) is 3.60. The molecule has 1 unspecified atom stereocenters. The fraction of sp³-hybridized carbons (Fsp3) is 0.231. The number of hydrogen-bond acceptors (Lipinski definition) is 9. The van der Waals surface area contributed by atoms with Crippen LogP contribution in [0.4, 0.5) is 5.13 Å². The summed E-state index contributed by atoms with van der Waals surface area (Å²) in [5.41, 5.74) is 0.669. The van der Waals surface area contributed by atoms with Crippen molar-refractivity contribution >= 4 is 51.2 Å². The molecule has 1 aromatic carbocycles. The monoisotopic (exact) mass is 524 g/mol. The summed E-state index contributed by atoms with van der Waals surface area (Å²) >= 11 is 2.30. The number of amides is 1. The number of hydrogen-bond donors (Lipinski definition) is 1. The Bertz CT molecular complexity index is 1340. The molecule has 186 valence electrons. The van der Waals surface area contributed by atoms with Gasteiger partial charge in [-0.3, -0.25) is 14.5 Å². The van der Waals surface area contributed by atoms with Gasteiger partial charge < -0.3 is 14.6 Å². The summed E-state index contributed by atoms with van der Waals surface area (Å²) in [7, 11) is 0. The second kappa shape index (κ2) is 10.9. The first-order chi connectivity index (χ1) is 17.4. The molecular formula is C26H24N2O6S2. The van der Waals surface area contributed by atoms with Crippen LogP contribution in [0.25, 0.3) is 5.76 Å². The minimum atomic E-state index is -0.909. The molecule has 3 aromatic rings. The topological polar surface area (TPSA) is 106 Å². The van der Waals surface area contributed by atoms with Gasteiger partial charge in [-0.2, -0.15) is 0 Å². The van der Waals surface area contributed by atoms with Gasteiger partial charge in [-0.15, -0.1) is 11.3 Å². The number of thiazole rings is 1. The third-order valence-electron chi connectivity index (χ3n) is 5.35. The highest BCUT2D eigenvalue weighted by Gasteiger charge is 2.49. The van der Waals surface area contributed by atoms with Crippen molar-refractivity contribution in [3.8, 4) is 5.75 Å². The van der Waals surface area contributed by atoms with Crippen LogP contribution in [0, 0.1) is 6.92 Å². The minimum absolute atomic E-state index is 0.0340. The number of carbonyl (C=O) groups is 3. The highest BCUT2D eigenvalue weighted by molar-refractivity contribution is 7.18. The van der Waals surface area contributed by atoms with Crippen LogP contribution in [-0.2, 0) is 14.3 Å². The van der Waals surface area contributed by atoms with E-state index in [9.17, 15) is 19.5 Å². The Hall–Kier alpha value is -3.76. The summed E-state index contributed by atoms with van der Waals surface area (Å²) < 4.78 is 10.8. The van der Waals surface area contributed by atoms with E-state index in [-0.39, 0.29) is 27.9 Å². The molecule has 3 heterocycles. The Morgan fingerprint density at radius 2 is 2.08 bits per heavy atom. The highest BCUT2D eigenvalue weighted by Crippen LogP contribution is 2.45. The van der Waals surface area contributed by atoms with Crippen molar-refractivity contribution < 1.29 is 29.0 Å². The number of rotatable bonds is 9. The molecule has 1 aliphatic heterocycles. The maximum atomic E-state index is 13.3. The van der Waals surface area contributed by atoms with E-state index in [1.807, 2.05) is 12.3 Å². The van der Waals surface area contributed by atoms with E-state index >= 15 is 0 Å². The summed E-state index contributed by atoms with van der Waals surface area (Å²) in [5, 5.41) is 13.2. The minimum Gasteiger partial charge on any atom is -0.507 e. The number of benzene rings is 1. The lowest BCUT2D eigenvalue weighted by atomic mass is 10.00. The number of aromatic nitrogens is 1. The number of anilines is 1. The quantitative estimate of drug-likeness (QED) is 0.134. The first-order valence-electron chi connectivity index (χ1n) is 11.2. The van der Waals surface area contributed by atoms with E-state index in [2.05, 4.69) is 11.6 Å². The molecule has 0 aliphatic carbocycles. The van der Waals surface area contributed by atoms with Crippen molar-refractivity contribution in [1.29, 1.82) is 0 Å². The van der Waals surface area contributed by atoms with Gasteiger partial charge in [-0.05, 0) is 36.9 Å². The molecule has 8 nitrogen and oxygen atoms in total. The SMILES string of the molecule is C=CCOC(=O)c1sc(N2C(=O)C(=O)/C(=C(/O)c3cccc(OCCC)c3)C2c2cccs2)nc1C. The Balaban J connectivity index is 1.81. The summed E-state index contributed by atoms with van der Waals surface area (Å²) in [6.07, 6.45) is 2.27. The molecule has 4 rings (SSSR count). The van der Waals surface area contributed by atoms with Crippen molar-refractivity contribution in [2.45, 2.75) is 26.3 Å². The number of carbonyl (C=O) groups excluding carboxylic acids is 3. The fourth-order valence-electron chi connectivity index (χ4n) is 3.73. The number of ketones is 1. The van der Waals surface area contributed by atoms with Crippen molar-refractivity contribution in [2.24, 2.45) is 0 Å². The van der Waals surface area contributed by atoms with Gasteiger partial charge >= 0.3 is 11.9 Å². The maximum Gasteiger partial charge on any atom is 0.350 e. The molecule has 1 N–H and O–H groups in total. The number of nitrogens with zero attached hydrogens (tertiary/aromatic N) is 2. The molecule has 1 saturated heterocycles. The molecule has 0 spiro atoms. The predicted octanol–water partition coefficient (Wildman–Crippen LogP) is 5.27. The second-order valence-corrected chi connectivity index (χ2v) is 9.82. The highest BCUT2D eigenvalue weighted by atomic mass is 32.1. The number of Topliss-reactive ketones (excluding diaryl/α,β-unsaturated/α-hetero) is 1. The van der Waals surface area contributed by atoms with Crippen LogP contribution < -0.4 is 9.64 Å². The Morgan fingerprint density at radius 1 is 1.28 bits per heavy atom. The second-order valence-electron chi connectivity index (χ2n) is 7.86. The molecule has 1 atom stereocenters. The normalized spacial score (nSPS) is 16.8. The number of thiophene rings is 1. The van der Waals surface area contributed by atoms with Crippen molar-refractivity contribution in [1.82, 2.24) is 4.98 Å². The van der Waals surface area contributed by atoms with Gasteiger partial charge in [0.15, 0.2) is 5.13 Å². The Kier molecular flexibility index (Phi) is 7.66. The zero-order chi connectivity index (χ0) is 25.8. The molecular weight excluding hydrogens is 500 g/mol. The summed E-state index contributed by atoms with van der Waals surface area (Å²) in [5.74, 6) is -2.04. The predicted molar refractivity (Wildman–Crippen MR) is 139 cm³/mol. The van der Waals surface area contributed by atoms with Crippen LogP contribution in [-0.4, -0.2) is 41.0 Å². The number of esters is 1. The number of aliphatic hydroxyl groups is 1. The van der Waals surface area contributed by atoms with Gasteiger partial charge in [0.1, 0.15) is 29.0 Å². The van der Waals surface area contributed by atoms with Crippen LogP contribution >= 0.6 is 22.7 Å². The van der Waals surface area contributed by atoms with E-state index < -0.39 is 23.7 Å². The summed E-state index contributed by atoms with van der Waals surface area (Å²) in [4.78, 5) is 45.5. The van der Waals surface area contributed by atoms with Crippen molar-refractivity contribution in [2.75, 3.05) is 18.1 Å². The van der Waals surface area contributed by atoms with E-state index in [0.717, 1.165) is 17.8 Å². The summed E-state index contributed by atoms with van der Waals surface area (Å²) in [6.45, 7) is 7.68. The van der Waals surface area contributed by atoms with Gasteiger partial charge in [-0.1, -0.05) is 49.1 Å². The zero-order valence-electron chi connectivity index (χ0n) is 19.7. The van der Waals surface area contributed by atoms with Crippen LogP contribution in [0.3, 0.4) is 0 Å². The third kappa shape index (κ3) is 4.82. The standard InChI is InChI=1S/C26H24N2O6S2/c1-4-11-33-17-9-6-8-16(14-17)21(29)19-20(18-10-7-13-35-18)28(24(31)22(19)30)26-27-15(3)23(36-26)25(32)34-12-5-2/h5-10,13-14,20,29H,2,4,11-12H2,1,3H3/b21-19+. The van der Waals surface area contributed by atoms with Crippen LogP contribution in [0.2, 0.25) is 0 Å². The fourth-order valence-corrected chi connectivity index (χ4v) is 5.54. The molecule has 1 fully saturated rings. The van der Waals surface area contributed by atoms with E-state index in [1.54, 1.807) is 43.3 Å². The molecule has 2 aromatic heterocycles. The van der Waals surface area contributed by atoms with Gasteiger partial charge in [0, 0.05) is 10.4 Å². The summed E-state index contributed by atoms with van der Waals surface area (Å²) in [6, 6.07) is 9.41. The average molecular weight is 525 g/mol. The molecule has 10 heteroatoms. The first-order valence-corrected chi connectivity index (χ1v) is 12.9. The Morgan fingerprint density at radius 3 is 2.78 bits per heavy atom. The maximum absolute atomic E-state index is 13.3. The van der Waals surface area contributed by atoms with Crippen LogP contribution in [0.5, 0.6) is 5.75 Å². The number of aliphatic hydroxyl groups excluding tert-OH is 1. The van der Waals surface area contributed by atoms with Crippen LogP contribution in [0.1, 0.15) is 45.2 Å². The zero-order valence-corrected chi connectivity index (χ0v) is 21.4. The third-order valence-corrected chi connectivity index (χ3v) is 7.41. The lowest BCUT2D eigenvalue weighted by molar-refractivity contribution is -0.132. The van der Waals surface area contributed by atoms with Crippen molar-refractivity contribution in [3.05, 3.63) is 81.0 Å². The lowest BCUT2D eigenvalue weighted by Gasteiger charge is -2.21.